The molecule has 0 saturated carbocycles. The molecule has 4 N–H and O–H groups in total. The van der Waals surface area contributed by atoms with E-state index < -0.39 is 6.04 Å². The Hall–Kier alpha value is -1.92. The van der Waals surface area contributed by atoms with Crippen molar-refractivity contribution < 1.29 is 9.59 Å². The molecule has 0 aliphatic heterocycles. The fourth-order valence-electron chi connectivity index (χ4n) is 1.67. The van der Waals surface area contributed by atoms with Crippen molar-refractivity contribution in [1.29, 1.82) is 0 Å². The molecule has 1 rings (SSSR count). The van der Waals surface area contributed by atoms with Crippen LogP contribution in [0.2, 0.25) is 0 Å². The molecule has 1 unspecified atom stereocenters. The number of amides is 2. The van der Waals surface area contributed by atoms with E-state index in [1.54, 1.807) is 25.1 Å². The lowest BCUT2D eigenvalue weighted by molar-refractivity contribution is -0.122. The molecule has 0 bridgehead atoms. The maximum Gasteiger partial charge on any atom is 0.251 e. The molecule has 1 atom stereocenters. The van der Waals surface area contributed by atoms with Crippen molar-refractivity contribution in [2.45, 2.75) is 19.5 Å². The van der Waals surface area contributed by atoms with E-state index in [1.165, 1.54) is 0 Å². The van der Waals surface area contributed by atoms with Gasteiger partial charge in [-0.3, -0.25) is 9.59 Å². The Balaban J connectivity index is 2.55. The van der Waals surface area contributed by atoms with Crippen molar-refractivity contribution in [2.75, 3.05) is 27.2 Å². The fraction of sp³-hybridized carbons (Fsp3) is 0.467. The molecular formula is C15H24N4O2. The van der Waals surface area contributed by atoms with E-state index in [0.29, 0.717) is 18.7 Å². The van der Waals surface area contributed by atoms with E-state index >= 15 is 0 Å². The molecule has 0 fully saturated rings. The number of nitrogens with two attached hydrogens (primary N) is 1. The van der Waals surface area contributed by atoms with Gasteiger partial charge < -0.3 is 21.3 Å². The fourth-order valence-corrected chi connectivity index (χ4v) is 1.67. The third-order valence-electron chi connectivity index (χ3n) is 2.91. The molecule has 0 saturated heterocycles. The standard InChI is InChI=1S/C15H24N4O2/c1-11(16)14(20)18-10-12-5-4-6-13(9-12)15(21)17-7-8-19(2)3/h4-6,9,11H,7-8,10,16H2,1-3H3,(H,17,21)(H,18,20). The average Bonchev–Trinajstić information content (AvgIpc) is 2.44. The number of hydrogen-bond acceptors (Lipinski definition) is 4. The predicted octanol–water partition coefficient (Wildman–Crippen LogP) is -0.0586. The summed E-state index contributed by atoms with van der Waals surface area (Å²) >= 11 is 0. The summed E-state index contributed by atoms with van der Waals surface area (Å²) in [5.74, 6) is -0.326. The first-order chi connectivity index (χ1) is 9.90. The number of carbonyl (C=O) groups excluding carboxylic acids is 2. The molecule has 0 heterocycles. The molecule has 0 aromatic heterocycles. The zero-order valence-electron chi connectivity index (χ0n) is 12.8. The summed E-state index contributed by atoms with van der Waals surface area (Å²) in [5.41, 5.74) is 6.93. The van der Waals surface area contributed by atoms with Gasteiger partial charge in [-0.05, 0) is 38.7 Å². The highest BCUT2D eigenvalue weighted by molar-refractivity contribution is 5.94. The minimum absolute atomic E-state index is 0.114. The SMILES string of the molecule is CC(N)C(=O)NCc1cccc(C(=O)NCCN(C)C)c1. The van der Waals surface area contributed by atoms with E-state index in [2.05, 4.69) is 10.6 Å². The van der Waals surface area contributed by atoms with Gasteiger partial charge >= 0.3 is 0 Å². The molecule has 0 aliphatic rings. The lowest BCUT2D eigenvalue weighted by atomic mass is 10.1. The Morgan fingerprint density at radius 3 is 2.62 bits per heavy atom. The lowest BCUT2D eigenvalue weighted by Gasteiger charge is -2.11. The van der Waals surface area contributed by atoms with Crippen LogP contribution in [-0.4, -0.2) is 49.9 Å². The van der Waals surface area contributed by atoms with Crippen molar-refractivity contribution in [1.82, 2.24) is 15.5 Å². The monoisotopic (exact) mass is 292 g/mol. The zero-order chi connectivity index (χ0) is 15.8. The smallest absolute Gasteiger partial charge is 0.251 e. The van der Waals surface area contributed by atoms with E-state index in [4.69, 9.17) is 5.73 Å². The Kier molecular flexibility index (Phi) is 6.84. The van der Waals surface area contributed by atoms with Crippen LogP contribution in [-0.2, 0) is 11.3 Å². The molecular weight excluding hydrogens is 268 g/mol. The van der Waals surface area contributed by atoms with Crippen LogP contribution in [0.25, 0.3) is 0 Å². The van der Waals surface area contributed by atoms with Crippen LogP contribution in [0.1, 0.15) is 22.8 Å². The van der Waals surface area contributed by atoms with Gasteiger partial charge in [-0.25, -0.2) is 0 Å². The van der Waals surface area contributed by atoms with Crippen molar-refractivity contribution in [3.8, 4) is 0 Å². The average molecular weight is 292 g/mol. The summed E-state index contributed by atoms with van der Waals surface area (Å²) < 4.78 is 0. The van der Waals surface area contributed by atoms with Gasteiger partial charge in [0, 0.05) is 25.2 Å². The topological polar surface area (TPSA) is 87.5 Å². The van der Waals surface area contributed by atoms with Crippen LogP contribution >= 0.6 is 0 Å². The second-order valence-corrected chi connectivity index (χ2v) is 5.27. The first-order valence-electron chi connectivity index (χ1n) is 6.95. The minimum atomic E-state index is -0.539. The maximum absolute atomic E-state index is 12.0. The zero-order valence-corrected chi connectivity index (χ0v) is 12.8. The summed E-state index contributed by atoms with van der Waals surface area (Å²) in [6.45, 7) is 3.37. The molecule has 6 nitrogen and oxygen atoms in total. The highest BCUT2D eigenvalue weighted by atomic mass is 16.2. The third-order valence-corrected chi connectivity index (χ3v) is 2.91. The van der Waals surface area contributed by atoms with Gasteiger partial charge in [0.1, 0.15) is 0 Å². The molecule has 6 heteroatoms. The predicted molar refractivity (Wildman–Crippen MR) is 82.8 cm³/mol. The molecule has 2 amide bonds. The Labute approximate surface area is 125 Å². The van der Waals surface area contributed by atoms with Gasteiger partial charge in [0.25, 0.3) is 5.91 Å². The van der Waals surface area contributed by atoms with Gasteiger partial charge in [-0.15, -0.1) is 0 Å². The molecule has 1 aromatic rings. The van der Waals surface area contributed by atoms with Gasteiger partial charge in [-0.2, -0.15) is 0 Å². The molecule has 0 radical (unpaired) electrons. The number of carbonyl (C=O) groups is 2. The second-order valence-electron chi connectivity index (χ2n) is 5.27. The third kappa shape index (κ3) is 6.37. The summed E-state index contributed by atoms with van der Waals surface area (Å²) in [7, 11) is 3.90. The summed E-state index contributed by atoms with van der Waals surface area (Å²) in [6, 6.07) is 6.64. The van der Waals surface area contributed by atoms with Crippen molar-refractivity contribution >= 4 is 11.8 Å². The Bertz CT molecular complexity index is 486. The molecule has 1 aromatic carbocycles. The van der Waals surface area contributed by atoms with Gasteiger partial charge in [0.15, 0.2) is 0 Å². The van der Waals surface area contributed by atoms with Crippen LogP contribution in [0.5, 0.6) is 0 Å². The molecule has 0 aliphatic carbocycles. The quantitative estimate of drug-likeness (QED) is 0.657. The summed E-state index contributed by atoms with van der Waals surface area (Å²) in [4.78, 5) is 25.4. The van der Waals surface area contributed by atoms with Crippen molar-refractivity contribution in [2.24, 2.45) is 5.73 Å². The van der Waals surface area contributed by atoms with E-state index in [1.807, 2.05) is 25.1 Å². The summed E-state index contributed by atoms with van der Waals surface area (Å²) in [5, 5.41) is 5.57. The van der Waals surface area contributed by atoms with E-state index in [0.717, 1.165) is 12.1 Å². The highest BCUT2D eigenvalue weighted by Gasteiger charge is 2.08. The number of hydrogen-bond donors (Lipinski definition) is 3. The highest BCUT2D eigenvalue weighted by Crippen LogP contribution is 2.05. The van der Waals surface area contributed by atoms with Crippen molar-refractivity contribution in [3.63, 3.8) is 0 Å². The van der Waals surface area contributed by atoms with Gasteiger partial charge in [-0.1, -0.05) is 12.1 Å². The van der Waals surface area contributed by atoms with Crippen LogP contribution in [0.4, 0.5) is 0 Å². The van der Waals surface area contributed by atoms with Crippen LogP contribution < -0.4 is 16.4 Å². The van der Waals surface area contributed by atoms with Crippen LogP contribution in [0, 0.1) is 0 Å². The van der Waals surface area contributed by atoms with E-state index in [-0.39, 0.29) is 11.8 Å². The largest absolute Gasteiger partial charge is 0.351 e. The molecule has 116 valence electrons. The normalized spacial score (nSPS) is 12.0. The van der Waals surface area contributed by atoms with Crippen LogP contribution in [0.15, 0.2) is 24.3 Å². The number of likely N-dealkylation sites (N-methyl/N-ethyl adjacent to an activating group) is 1. The van der Waals surface area contributed by atoms with Gasteiger partial charge in [0.05, 0.1) is 6.04 Å². The first kappa shape index (κ1) is 17.1. The lowest BCUT2D eigenvalue weighted by Crippen LogP contribution is -2.37. The van der Waals surface area contributed by atoms with Crippen LogP contribution in [0.3, 0.4) is 0 Å². The number of benzene rings is 1. The Morgan fingerprint density at radius 1 is 1.29 bits per heavy atom. The number of nitrogens with zero attached hydrogens (tertiary/aromatic N) is 1. The minimum Gasteiger partial charge on any atom is -0.351 e. The molecule has 0 spiro atoms. The Morgan fingerprint density at radius 2 is 2.00 bits per heavy atom. The number of nitrogens with one attached hydrogen (secondary N) is 2. The van der Waals surface area contributed by atoms with Crippen molar-refractivity contribution in [3.05, 3.63) is 35.4 Å². The van der Waals surface area contributed by atoms with Gasteiger partial charge in [0.2, 0.25) is 5.91 Å². The first-order valence-corrected chi connectivity index (χ1v) is 6.95. The number of rotatable bonds is 7. The van der Waals surface area contributed by atoms with E-state index in [9.17, 15) is 9.59 Å². The summed E-state index contributed by atoms with van der Waals surface area (Å²) in [6.07, 6.45) is 0. The second kappa shape index (κ2) is 8.39. The molecule has 21 heavy (non-hydrogen) atoms. The maximum atomic E-state index is 12.0.